The van der Waals surface area contributed by atoms with Crippen molar-refractivity contribution < 1.29 is 23.9 Å². The first kappa shape index (κ1) is 21.1. The lowest BCUT2D eigenvalue weighted by molar-refractivity contribution is -0.116. The highest BCUT2D eigenvalue weighted by Gasteiger charge is 2.23. The summed E-state index contributed by atoms with van der Waals surface area (Å²) in [6.45, 7) is 5.57. The number of hydrogen-bond acceptors (Lipinski definition) is 6. The van der Waals surface area contributed by atoms with Crippen LogP contribution in [0, 0.1) is 0 Å². The van der Waals surface area contributed by atoms with Crippen LogP contribution in [0.3, 0.4) is 0 Å². The Labute approximate surface area is 164 Å². The van der Waals surface area contributed by atoms with Crippen LogP contribution < -0.4 is 10.1 Å². The largest absolute Gasteiger partial charge is 0.477 e. The molecule has 0 aliphatic heterocycles. The number of nitrogens with zero attached hydrogens (tertiary/aromatic N) is 1. The number of hydrogen-bond donors (Lipinski definition) is 1. The first-order valence-corrected chi connectivity index (χ1v) is 9.19. The first-order chi connectivity index (χ1) is 13.5. The van der Waals surface area contributed by atoms with E-state index in [1.165, 1.54) is 19.2 Å². The summed E-state index contributed by atoms with van der Waals surface area (Å²) in [5.41, 5.74) is 1.15. The SMILES string of the molecule is CCCC(=O)Nc1ccc(C(=O)C(C)OC(=O)c2cccnc2OCC)cc1. The van der Waals surface area contributed by atoms with Gasteiger partial charge in [0.2, 0.25) is 17.6 Å². The smallest absolute Gasteiger partial charge is 0.344 e. The Bertz CT molecular complexity index is 833. The van der Waals surface area contributed by atoms with E-state index >= 15 is 0 Å². The number of Topliss-reactive ketones (excluding diaryl/α,β-unsaturated/α-hetero) is 1. The van der Waals surface area contributed by atoms with Crippen LogP contribution in [0.1, 0.15) is 54.3 Å². The molecular formula is C21H24N2O5. The average molecular weight is 384 g/mol. The number of anilines is 1. The lowest BCUT2D eigenvalue weighted by Gasteiger charge is -2.14. The van der Waals surface area contributed by atoms with E-state index in [-0.39, 0.29) is 23.1 Å². The molecule has 2 aromatic rings. The number of esters is 1. The molecule has 0 bridgehead atoms. The zero-order chi connectivity index (χ0) is 20.5. The molecule has 0 saturated heterocycles. The standard InChI is InChI=1S/C21H24N2O5/c1-4-7-18(24)23-16-11-9-15(10-12-16)19(25)14(3)28-21(26)17-8-6-13-22-20(17)27-5-2/h6,8-14H,4-5,7H2,1-3H3,(H,23,24). The molecule has 0 radical (unpaired) electrons. The number of nitrogens with one attached hydrogen (secondary N) is 1. The minimum atomic E-state index is -0.984. The van der Waals surface area contributed by atoms with Gasteiger partial charge in [0, 0.05) is 23.9 Å². The number of ether oxygens (including phenoxy) is 2. The number of aromatic nitrogens is 1. The van der Waals surface area contributed by atoms with Crippen molar-refractivity contribution in [2.24, 2.45) is 0 Å². The number of carbonyl (C=O) groups is 3. The van der Waals surface area contributed by atoms with Gasteiger partial charge >= 0.3 is 5.97 Å². The van der Waals surface area contributed by atoms with Crippen LogP contribution >= 0.6 is 0 Å². The Hall–Kier alpha value is -3.22. The minimum absolute atomic E-state index is 0.0783. The molecule has 1 aromatic heterocycles. The summed E-state index contributed by atoms with van der Waals surface area (Å²) in [6.07, 6.45) is 1.72. The second-order valence-electron chi connectivity index (χ2n) is 6.08. The average Bonchev–Trinajstić information content (AvgIpc) is 2.68. The third-order valence-electron chi connectivity index (χ3n) is 3.86. The minimum Gasteiger partial charge on any atom is -0.477 e. The fourth-order valence-corrected chi connectivity index (χ4v) is 2.48. The Morgan fingerprint density at radius 3 is 2.46 bits per heavy atom. The topological polar surface area (TPSA) is 94.6 Å². The van der Waals surface area contributed by atoms with Crippen molar-refractivity contribution in [3.05, 3.63) is 53.7 Å². The van der Waals surface area contributed by atoms with Crippen LogP contribution in [0.5, 0.6) is 5.88 Å². The van der Waals surface area contributed by atoms with Gasteiger partial charge in [-0.1, -0.05) is 6.92 Å². The fourth-order valence-electron chi connectivity index (χ4n) is 2.48. The quantitative estimate of drug-likeness (QED) is 0.524. The van der Waals surface area contributed by atoms with E-state index in [4.69, 9.17) is 9.47 Å². The lowest BCUT2D eigenvalue weighted by atomic mass is 10.1. The first-order valence-electron chi connectivity index (χ1n) is 9.19. The van der Waals surface area contributed by atoms with Crippen molar-refractivity contribution in [3.8, 4) is 5.88 Å². The Kier molecular flexibility index (Phi) is 7.68. The van der Waals surface area contributed by atoms with Crippen LogP contribution in [-0.2, 0) is 9.53 Å². The molecule has 0 aliphatic carbocycles. The summed E-state index contributed by atoms with van der Waals surface area (Å²) < 4.78 is 10.6. The molecule has 0 aliphatic rings. The van der Waals surface area contributed by atoms with Crippen molar-refractivity contribution in [1.29, 1.82) is 0 Å². The zero-order valence-electron chi connectivity index (χ0n) is 16.2. The predicted molar refractivity (Wildman–Crippen MR) is 105 cm³/mol. The third-order valence-corrected chi connectivity index (χ3v) is 3.86. The Balaban J connectivity index is 2.02. The van der Waals surface area contributed by atoms with Gasteiger partial charge in [-0.15, -0.1) is 0 Å². The molecule has 1 unspecified atom stereocenters. The maximum Gasteiger partial charge on any atom is 0.344 e. The van der Waals surface area contributed by atoms with Gasteiger partial charge in [0.25, 0.3) is 0 Å². The summed E-state index contributed by atoms with van der Waals surface area (Å²) >= 11 is 0. The van der Waals surface area contributed by atoms with Gasteiger partial charge in [-0.25, -0.2) is 9.78 Å². The summed E-state index contributed by atoms with van der Waals surface area (Å²) in [6, 6.07) is 9.59. The van der Waals surface area contributed by atoms with Gasteiger partial charge in [-0.3, -0.25) is 9.59 Å². The molecule has 1 aromatic carbocycles. The zero-order valence-corrected chi connectivity index (χ0v) is 16.2. The summed E-state index contributed by atoms with van der Waals surface area (Å²) in [4.78, 5) is 40.6. The molecular weight excluding hydrogens is 360 g/mol. The third kappa shape index (κ3) is 5.64. The van der Waals surface area contributed by atoms with Crippen LogP contribution in [0.25, 0.3) is 0 Å². The van der Waals surface area contributed by atoms with Gasteiger partial charge in [-0.05, 0) is 56.7 Å². The highest BCUT2D eigenvalue weighted by atomic mass is 16.5. The molecule has 0 spiro atoms. The normalized spacial score (nSPS) is 11.4. The van der Waals surface area contributed by atoms with Crippen LogP contribution in [-0.4, -0.2) is 35.4 Å². The highest BCUT2D eigenvalue weighted by Crippen LogP contribution is 2.18. The molecule has 28 heavy (non-hydrogen) atoms. The van der Waals surface area contributed by atoms with Crippen molar-refractivity contribution in [2.75, 3.05) is 11.9 Å². The molecule has 7 heteroatoms. The van der Waals surface area contributed by atoms with E-state index in [1.807, 2.05) is 6.92 Å². The molecule has 2 rings (SSSR count). The van der Waals surface area contributed by atoms with Crippen LogP contribution in [0.2, 0.25) is 0 Å². The van der Waals surface area contributed by atoms with Gasteiger partial charge < -0.3 is 14.8 Å². The number of benzene rings is 1. The molecule has 1 heterocycles. The fraction of sp³-hybridized carbons (Fsp3) is 0.333. The van der Waals surface area contributed by atoms with E-state index < -0.39 is 12.1 Å². The number of ketones is 1. The van der Waals surface area contributed by atoms with E-state index in [9.17, 15) is 14.4 Å². The van der Waals surface area contributed by atoms with E-state index in [2.05, 4.69) is 10.3 Å². The number of pyridine rings is 1. The van der Waals surface area contributed by atoms with E-state index in [1.54, 1.807) is 37.3 Å². The monoisotopic (exact) mass is 384 g/mol. The van der Waals surface area contributed by atoms with Crippen molar-refractivity contribution >= 4 is 23.3 Å². The Morgan fingerprint density at radius 1 is 1.11 bits per heavy atom. The van der Waals surface area contributed by atoms with Gasteiger partial charge in [0.05, 0.1) is 6.61 Å². The molecule has 0 saturated carbocycles. The van der Waals surface area contributed by atoms with Crippen molar-refractivity contribution in [3.63, 3.8) is 0 Å². The highest BCUT2D eigenvalue weighted by molar-refractivity contribution is 6.02. The molecule has 1 N–H and O–H groups in total. The number of carbonyl (C=O) groups excluding carboxylic acids is 3. The number of rotatable bonds is 9. The van der Waals surface area contributed by atoms with Crippen LogP contribution in [0.15, 0.2) is 42.6 Å². The molecule has 1 atom stereocenters. The van der Waals surface area contributed by atoms with E-state index in [0.717, 1.165) is 6.42 Å². The van der Waals surface area contributed by atoms with Crippen molar-refractivity contribution in [2.45, 2.75) is 39.7 Å². The predicted octanol–water partition coefficient (Wildman–Crippen LogP) is 3.65. The Morgan fingerprint density at radius 2 is 1.82 bits per heavy atom. The van der Waals surface area contributed by atoms with Gasteiger partial charge in [0.15, 0.2) is 6.10 Å². The summed E-state index contributed by atoms with van der Waals surface area (Å²) in [5.74, 6) is -0.935. The summed E-state index contributed by atoms with van der Waals surface area (Å²) in [7, 11) is 0. The molecule has 0 fully saturated rings. The summed E-state index contributed by atoms with van der Waals surface area (Å²) in [5, 5.41) is 2.75. The van der Waals surface area contributed by atoms with Crippen molar-refractivity contribution in [1.82, 2.24) is 4.98 Å². The van der Waals surface area contributed by atoms with Crippen LogP contribution in [0.4, 0.5) is 5.69 Å². The second-order valence-corrected chi connectivity index (χ2v) is 6.08. The van der Waals surface area contributed by atoms with Gasteiger partial charge in [-0.2, -0.15) is 0 Å². The second kappa shape index (κ2) is 10.2. The maximum atomic E-state index is 12.5. The molecule has 1 amide bonds. The number of amides is 1. The molecule has 148 valence electrons. The lowest BCUT2D eigenvalue weighted by Crippen LogP contribution is -2.25. The molecule has 7 nitrogen and oxygen atoms in total. The maximum absolute atomic E-state index is 12.5. The van der Waals surface area contributed by atoms with Gasteiger partial charge in [0.1, 0.15) is 5.56 Å². The van der Waals surface area contributed by atoms with E-state index in [0.29, 0.717) is 24.3 Å².